The zero-order chi connectivity index (χ0) is 52.4. The van der Waals surface area contributed by atoms with Crippen LogP contribution in [0.3, 0.4) is 0 Å². The lowest BCUT2D eigenvalue weighted by Crippen LogP contribution is -2.65. The number of ether oxygens (including phenoxy) is 4. The second-order valence-corrected chi connectivity index (χ2v) is 20.4. The van der Waals surface area contributed by atoms with Crippen LogP contribution in [-0.4, -0.2) is 140 Å². The van der Waals surface area contributed by atoms with E-state index in [2.05, 4.69) is 55.6 Å². The van der Waals surface area contributed by atoms with Crippen LogP contribution in [0.25, 0.3) is 0 Å². The summed E-state index contributed by atoms with van der Waals surface area (Å²) in [5.41, 5.74) is 0. The van der Waals surface area contributed by atoms with E-state index in [1.54, 1.807) is 6.08 Å². The molecule has 0 saturated carbocycles. The highest BCUT2D eigenvalue weighted by molar-refractivity contribution is 5.76. The van der Waals surface area contributed by atoms with Crippen molar-refractivity contribution in [3.8, 4) is 0 Å². The average Bonchev–Trinajstić information content (AvgIpc) is 3.38. The summed E-state index contributed by atoms with van der Waals surface area (Å²) < 4.78 is 22.7. The van der Waals surface area contributed by atoms with E-state index in [1.165, 1.54) is 128 Å². The number of allylic oxidation sites excluding steroid dienone is 7. The van der Waals surface area contributed by atoms with Gasteiger partial charge in [-0.05, 0) is 64.2 Å². The van der Waals surface area contributed by atoms with Crippen molar-refractivity contribution in [2.75, 3.05) is 19.8 Å². The number of aliphatic hydroxyl groups is 8. The second-order valence-electron chi connectivity index (χ2n) is 20.4. The number of unbranched alkanes of at least 4 members (excludes halogenated alkanes) is 26. The van der Waals surface area contributed by atoms with Gasteiger partial charge in [0.05, 0.1) is 32.0 Å². The second kappa shape index (κ2) is 44.1. The summed E-state index contributed by atoms with van der Waals surface area (Å²) >= 11 is 0. The quantitative estimate of drug-likeness (QED) is 0.0205. The summed E-state index contributed by atoms with van der Waals surface area (Å²) in [4.78, 5) is 13.2. The first kappa shape index (κ1) is 66.1. The van der Waals surface area contributed by atoms with Crippen LogP contribution < -0.4 is 5.32 Å². The van der Waals surface area contributed by atoms with Crippen LogP contribution in [0.4, 0.5) is 0 Å². The SMILES string of the molecule is CCCCCC/C=C\C/C=C\CCCCCCCC(=O)NC(COC1OC(CO)C(OC2OC(CO)C(O)C(O)C2O)C(O)C1O)C(O)/C=C/CC/C=C/CCCCCCCCCCCCCCCCCC. The molecule has 2 saturated heterocycles. The normalized spacial score (nSPS) is 25.9. The predicted molar refractivity (Wildman–Crippen MR) is 286 cm³/mol. The van der Waals surface area contributed by atoms with Gasteiger partial charge in [0.15, 0.2) is 12.6 Å². The lowest BCUT2D eigenvalue weighted by Gasteiger charge is -2.46. The third-order valence-corrected chi connectivity index (χ3v) is 14.0. The van der Waals surface area contributed by atoms with Crippen molar-refractivity contribution in [1.82, 2.24) is 5.32 Å². The Bertz CT molecular complexity index is 1390. The van der Waals surface area contributed by atoms with E-state index in [0.29, 0.717) is 12.8 Å². The van der Waals surface area contributed by atoms with Gasteiger partial charge < -0.3 is 65.1 Å². The van der Waals surface area contributed by atoms with Crippen molar-refractivity contribution in [3.05, 3.63) is 48.6 Å². The number of aliphatic hydroxyl groups excluding tert-OH is 8. The molecule has 0 bridgehead atoms. The molecule has 12 unspecified atom stereocenters. The van der Waals surface area contributed by atoms with Crippen molar-refractivity contribution in [2.45, 2.75) is 293 Å². The molecule has 0 radical (unpaired) electrons. The first-order valence-corrected chi connectivity index (χ1v) is 28.9. The topological polar surface area (TPSA) is 228 Å². The molecular weight excluding hydrogens is 919 g/mol. The molecule has 9 N–H and O–H groups in total. The lowest BCUT2D eigenvalue weighted by molar-refractivity contribution is -0.359. The van der Waals surface area contributed by atoms with Crippen LogP contribution >= 0.6 is 0 Å². The maximum atomic E-state index is 13.2. The Labute approximate surface area is 435 Å². The van der Waals surface area contributed by atoms with Crippen molar-refractivity contribution in [2.24, 2.45) is 0 Å². The highest BCUT2D eigenvalue weighted by atomic mass is 16.7. The van der Waals surface area contributed by atoms with E-state index in [1.807, 2.05) is 6.08 Å². The maximum Gasteiger partial charge on any atom is 0.220 e. The summed E-state index contributed by atoms with van der Waals surface area (Å²) in [6.07, 6.45) is 37.2. The Morgan fingerprint density at radius 3 is 1.46 bits per heavy atom. The first-order chi connectivity index (χ1) is 35.1. The van der Waals surface area contributed by atoms with E-state index < -0.39 is 86.8 Å². The summed E-state index contributed by atoms with van der Waals surface area (Å²) in [5, 5.41) is 87.0. The van der Waals surface area contributed by atoms with Gasteiger partial charge in [-0.1, -0.05) is 197 Å². The van der Waals surface area contributed by atoms with Gasteiger partial charge >= 0.3 is 0 Å². The number of carbonyl (C=O) groups is 1. The molecule has 2 heterocycles. The summed E-state index contributed by atoms with van der Waals surface area (Å²) in [5.74, 6) is -0.263. The van der Waals surface area contributed by atoms with Crippen LogP contribution in [-0.2, 0) is 23.7 Å². The minimum absolute atomic E-state index is 0.257. The third-order valence-electron chi connectivity index (χ3n) is 14.0. The van der Waals surface area contributed by atoms with E-state index in [0.717, 1.165) is 57.8 Å². The average molecular weight is 1020 g/mol. The van der Waals surface area contributed by atoms with Crippen molar-refractivity contribution < 1.29 is 64.6 Å². The van der Waals surface area contributed by atoms with Gasteiger partial charge in [-0.15, -0.1) is 0 Å². The van der Waals surface area contributed by atoms with Crippen LogP contribution in [0.1, 0.15) is 219 Å². The highest BCUT2D eigenvalue weighted by Gasteiger charge is 2.51. The van der Waals surface area contributed by atoms with E-state index >= 15 is 0 Å². The van der Waals surface area contributed by atoms with E-state index in [-0.39, 0.29) is 18.9 Å². The largest absolute Gasteiger partial charge is 0.394 e. The van der Waals surface area contributed by atoms with Gasteiger partial charge in [0.1, 0.15) is 48.8 Å². The fourth-order valence-electron chi connectivity index (χ4n) is 9.28. The Morgan fingerprint density at radius 2 is 0.931 bits per heavy atom. The number of hydrogen-bond donors (Lipinski definition) is 9. The fourth-order valence-corrected chi connectivity index (χ4v) is 9.28. The number of nitrogens with one attached hydrogen (secondary N) is 1. The van der Waals surface area contributed by atoms with Gasteiger partial charge in [0, 0.05) is 6.42 Å². The van der Waals surface area contributed by atoms with Crippen molar-refractivity contribution in [1.29, 1.82) is 0 Å². The standard InChI is InChI=1S/C58H105NO13/c1-3-5-7-9-11-13-15-17-19-21-22-23-24-25-26-27-29-31-33-35-37-39-41-47(62)46(59-50(63)42-40-38-36-34-32-30-28-20-18-16-14-12-10-8-6-4-2)45-69-57-55(68)53(66)56(49(44-61)71-57)72-58-54(67)52(65)51(64)48(43-60)70-58/h14,16,20,28,31,33,39,41,46-49,51-58,60-62,64-68H,3-13,15,17-19,21-27,29-30,32,34-38,40,42-45H2,1-2H3,(H,59,63)/b16-14-,28-20-,33-31+,41-39+. The maximum absolute atomic E-state index is 13.2. The molecule has 2 aliphatic heterocycles. The summed E-state index contributed by atoms with van der Waals surface area (Å²) in [7, 11) is 0. The van der Waals surface area contributed by atoms with Gasteiger partial charge in [0.2, 0.25) is 5.91 Å². The Morgan fingerprint density at radius 1 is 0.500 bits per heavy atom. The first-order valence-electron chi connectivity index (χ1n) is 28.9. The molecule has 0 aromatic heterocycles. The number of rotatable bonds is 45. The van der Waals surface area contributed by atoms with Crippen LogP contribution in [0.15, 0.2) is 48.6 Å². The van der Waals surface area contributed by atoms with Gasteiger partial charge in [-0.3, -0.25) is 4.79 Å². The smallest absolute Gasteiger partial charge is 0.220 e. The lowest BCUT2D eigenvalue weighted by atomic mass is 9.97. The summed E-state index contributed by atoms with van der Waals surface area (Å²) in [6, 6.07) is -0.939. The minimum Gasteiger partial charge on any atom is -0.394 e. The molecule has 0 aliphatic carbocycles. The molecule has 0 spiro atoms. The third kappa shape index (κ3) is 29.9. The Balaban J connectivity index is 1.81. The molecule has 1 amide bonds. The van der Waals surface area contributed by atoms with Crippen LogP contribution in [0.2, 0.25) is 0 Å². The molecule has 14 heteroatoms. The Hall–Kier alpha value is -2.05. The molecule has 2 rings (SSSR count). The monoisotopic (exact) mass is 1020 g/mol. The van der Waals surface area contributed by atoms with Crippen LogP contribution in [0, 0.1) is 0 Å². The number of carbonyl (C=O) groups excluding carboxylic acids is 1. The van der Waals surface area contributed by atoms with E-state index in [9.17, 15) is 45.6 Å². The van der Waals surface area contributed by atoms with Gasteiger partial charge in [-0.2, -0.15) is 0 Å². The Kier molecular flexibility index (Phi) is 40.5. The molecule has 12 atom stereocenters. The van der Waals surface area contributed by atoms with Crippen molar-refractivity contribution in [3.63, 3.8) is 0 Å². The van der Waals surface area contributed by atoms with Gasteiger partial charge in [0.25, 0.3) is 0 Å². The fraction of sp³-hybridized carbons (Fsp3) is 0.845. The molecule has 0 aromatic carbocycles. The number of amides is 1. The van der Waals surface area contributed by atoms with Crippen molar-refractivity contribution >= 4 is 5.91 Å². The zero-order valence-electron chi connectivity index (χ0n) is 44.9. The molecule has 2 aliphatic rings. The molecule has 420 valence electrons. The van der Waals surface area contributed by atoms with Gasteiger partial charge in [-0.25, -0.2) is 0 Å². The molecular formula is C58H105NO13. The highest BCUT2D eigenvalue weighted by Crippen LogP contribution is 2.30. The molecule has 72 heavy (non-hydrogen) atoms. The molecule has 14 nitrogen and oxygen atoms in total. The zero-order valence-corrected chi connectivity index (χ0v) is 44.9. The predicted octanol–water partition coefficient (Wildman–Crippen LogP) is 9.22. The van der Waals surface area contributed by atoms with Crippen LogP contribution in [0.5, 0.6) is 0 Å². The minimum atomic E-state index is -1.79. The summed E-state index contributed by atoms with van der Waals surface area (Å²) in [6.45, 7) is 2.75. The number of hydrogen-bond acceptors (Lipinski definition) is 13. The molecule has 0 aromatic rings. The van der Waals surface area contributed by atoms with E-state index in [4.69, 9.17) is 18.9 Å². The molecule has 2 fully saturated rings.